The summed E-state index contributed by atoms with van der Waals surface area (Å²) in [5, 5.41) is 14.5. The first-order chi connectivity index (χ1) is 14.9. The molecule has 0 bridgehead atoms. The van der Waals surface area contributed by atoms with Crippen LogP contribution in [0.15, 0.2) is 24.5 Å². The van der Waals surface area contributed by atoms with E-state index < -0.39 is 5.97 Å². The van der Waals surface area contributed by atoms with Gasteiger partial charge >= 0.3 is 5.97 Å². The Morgan fingerprint density at radius 2 is 2.06 bits per heavy atom. The number of rotatable bonds is 6. The summed E-state index contributed by atoms with van der Waals surface area (Å²) < 4.78 is 7.32. The fourth-order valence-corrected chi connectivity index (χ4v) is 4.22. The molecule has 0 atom stereocenters. The maximum absolute atomic E-state index is 12.1. The molecule has 31 heavy (non-hydrogen) atoms. The summed E-state index contributed by atoms with van der Waals surface area (Å²) in [4.78, 5) is 25.1. The van der Waals surface area contributed by atoms with E-state index in [2.05, 4.69) is 26.9 Å². The minimum Gasteiger partial charge on any atom is -0.476 e. The van der Waals surface area contributed by atoms with E-state index in [0.29, 0.717) is 24.4 Å². The third kappa shape index (κ3) is 3.81. The van der Waals surface area contributed by atoms with Gasteiger partial charge in [-0.15, -0.1) is 0 Å². The molecule has 1 aliphatic heterocycles. The molecule has 3 aromatic rings. The summed E-state index contributed by atoms with van der Waals surface area (Å²) in [5.74, 6) is 0.546. The van der Waals surface area contributed by atoms with Gasteiger partial charge in [-0.2, -0.15) is 9.61 Å². The quantitative estimate of drug-likeness (QED) is 0.645. The molecule has 9 nitrogen and oxygen atoms in total. The van der Waals surface area contributed by atoms with Gasteiger partial charge in [-0.1, -0.05) is 0 Å². The first-order valence-corrected chi connectivity index (χ1v) is 10.5. The van der Waals surface area contributed by atoms with Crippen LogP contribution >= 0.6 is 0 Å². The third-order valence-corrected chi connectivity index (χ3v) is 5.81. The number of aromatic carboxylic acids is 1. The molecule has 0 aliphatic carbocycles. The lowest BCUT2D eigenvalue weighted by Gasteiger charge is -2.36. The second-order valence-corrected chi connectivity index (χ2v) is 7.93. The number of pyridine rings is 1. The minimum absolute atomic E-state index is 0.0525. The number of carboxylic acids is 1. The third-order valence-electron chi connectivity index (χ3n) is 5.81. The summed E-state index contributed by atoms with van der Waals surface area (Å²) >= 11 is 0. The lowest BCUT2D eigenvalue weighted by atomic mass is 10.1. The van der Waals surface area contributed by atoms with Crippen LogP contribution in [0.5, 0.6) is 0 Å². The largest absolute Gasteiger partial charge is 0.476 e. The molecule has 0 spiro atoms. The van der Waals surface area contributed by atoms with Crippen molar-refractivity contribution < 1.29 is 14.6 Å². The summed E-state index contributed by atoms with van der Waals surface area (Å²) in [5.41, 5.74) is 2.86. The van der Waals surface area contributed by atoms with Crippen LogP contribution in [0.4, 0.5) is 11.6 Å². The van der Waals surface area contributed by atoms with E-state index in [-0.39, 0.29) is 11.7 Å². The Balaban J connectivity index is 1.93. The van der Waals surface area contributed by atoms with Crippen molar-refractivity contribution in [1.82, 2.24) is 19.6 Å². The van der Waals surface area contributed by atoms with Crippen molar-refractivity contribution in [1.29, 1.82) is 0 Å². The fraction of sp³-hybridized carbons (Fsp3) is 0.455. The van der Waals surface area contributed by atoms with E-state index in [1.165, 1.54) is 0 Å². The van der Waals surface area contributed by atoms with Gasteiger partial charge in [-0.05, 0) is 44.4 Å². The highest BCUT2D eigenvalue weighted by Crippen LogP contribution is 2.33. The predicted molar refractivity (Wildman–Crippen MR) is 119 cm³/mol. The van der Waals surface area contributed by atoms with Crippen LogP contribution in [0.25, 0.3) is 16.8 Å². The molecule has 0 radical (unpaired) electrons. The lowest BCUT2D eigenvalue weighted by Crippen LogP contribution is -2.41. The molecule has 0 amide bonds. The zero-order valence-electron chi connectivity index (χ0n) is 18.4. The van der Waals surface area contributed by atoms with Gasteiger partial charge in [-0.25, -0.2) is 14.8 Å². The Morgan fingerprint density at radius 1 is 1.32 bits per heavy atom. The molecular weight excluding hydrogens is 396 g/mol. The monoisotopic (exact) mass is 424 g/mol. The predicted octanol–water partition coefficient (Wildman–Crippen LogP) is 2.87. The molecule has 164 valence electrons. The molecule has 1 saturated heterocycles. The standard InChI is InChI=1S/C22H28N6O3/c1-5-27(16-7-10-31-11-8-16)21-14(2)19(22(29)30)25-20-17(13-24-28(20)21)15-6-9-23-18(12-15)26(3)4/h6,9,12-13,16H,5,7-8,10-11H2,1-4H3,(H,29,30). The van der Waals surface area contributed by atoms with Gasteiger partial charge in [-0.3, -0.25) is 0 Å². The first kappa shape index (κ1) is 21.0. The van der Waals surface area contributed by atoms with Crippen molar-refractivity contribution in [2.45, 2.75) is 32.7 Å². The topological polar surface area (TPSA) is 96.1 Å². The fourth-order valence-electron chi connectivity index (χ4n) is 4.22. The highest BCUT2D eigenvalue weighted by molar-refractivity contribution is 5.91. The smallest absolute Gasteiger partial charge is 0.354 e. The molecule has 3 aromatic heterocycles. The number of hydrogen-bond donors (Lipinski definition) is 1. The van der Waals surface area contributed by atoms with Gasteiger partial charge in [0, 0.05) is 57.2 Å². The molecule has 1 fully saturated rings. The Hall–Kier alpha value is -3.20. The van der Waals surface area contributed by atoms with E-state index in [4.69, 9.17) is 4.74 Å². The van der Waals surface area contributed by atoms with Crippen LogP contribution < -0.4 is 9.80 Å². The highest BCUT2D eigenvalue weighted by atomic mass is 16.5. The molecule has 0 saturated carbocycles. The van der Waals surface area contributed by atoms with E-state index in [1.54, 1.807) is 16.9 Å². The minimum atomic E-state index is -1.04. The molecule has 4 heterocycles. The number of nitrogens with zero attached hydrogens (tertiary/aromatic N) is 6. The van der Waals surface area contributed by atoms with Gasteiger partial charge < -0.3 is 19.6 Å². The number of aromatic nitrogens is 4. The van der Waals surface area contributed by atoms with E-state index in [0.717, 1.165) is 42.1 Å². The highest BCUT2D eigenvalue weighted by Gasteiger charge is 2.28. The lowest BCUT2D eigenvalue weighted by molar-refractivity contribution is 0.0689. The van der Waals surface area contributed by atoms with Crippen LogP contribution in [0, 0.1) is 6.92 Å². The van der Waals surface area contributed by atoms with Crippen molar-refractivity contribution in [3.05, 3.63) is 35.8 Å². The number of hydrogen-bond acceptors (Lipinski definition) is 7. The zero-order chi connectivity index (χ0) is 22.1. The second-order valence-electron chi connectivity index (χ2n) is 7.93. The molecule has 9 heteroatoms. The Morgan fingerprint density at radius 3 is 2.71 bits per heavy atom. The van der Waals surface area contributed by atoms with Crippen LogP contribution in [-0.2, 0) is 4.74 Å². The van der Waals surface area contributed by atoms with E-state index in [1.807, 2.05) is 38.1 Å². The molecule has 0 unspecified atom stereocenters. The summed E-state index contributed by atoms with van der Waals surface area (Å²) in [6.45, 7) is 6.03. The number of carboxylic acid groups (broad SMARTS) is 1. The number of anilines is 2. The maximum Gasteiger partial charge on any atom is 0.354 e. The van der Waals surface area contributed by atoms with Crippen molar-refractivity contribution in [2.75, 3.05) is 43.7 Å². The van der Waals surface area contributed by atoms with Crippen molar-refractivity contribution in [2.24, 2.45) is 0 Å². The van der Waals surface area contributed by atoms with Crippen LogP contribution in [0.2, 0.25) is 0 Å². The van der Waals surface area contributed by atoms with E-state index in [9.17, 15) is 9.90 Å². The normalized spacial score (nSPS) is 14.7. The SMILES string of the molecule is CCN(c1c(C)c(C(=O)O)nc2c(-c3ccnc(N(C)C)c3)cnn12)C1CCOCC1. The van der Waals surface area contributed by atoms with E-state index >= 15 is 0 Å². The molecule has 1 aliphatic rings. The first-order valence-electron chi connectivity index (χ1n) is 10.5. The van der Waals surface area contributed by atoms with Crippen LogP contribution in [0.3, 0.4) is 0 Å². The summed E-state index contributed by atoms with van der Waals surface area (Å²) in [6.07, 6.45) is 5.28. The molecule has 1 N–H and O–H groups in total. The Labute approximate surface area is 181 Å². The van der Waals surface area contributed by atoms with Gasteiger partial charge in [0.2, 0.25) is 0 Å². The van der Waals surface area contributed by atoms with Crippen molar-refractivity contribution in [3.63, 3.8) is 0 Å². The van der Waals surface area contributed by atoms with Crippen LogP contribution in [-0.4, -0.2) is 70.6 Å². The zero-order valence-corrected chi connectivity index (χ0v) is 18.4. The average molecular weight is 425 g/mol. The van der Waals surface area contributed by atoms with Gasteiger partial charge in [0.05, 0.1) is 6.20 Å². The summed E-state index contributed by atoms with van der Waals surface area (Å²) in [6, 6.07) is 4.11. The molecule has 4 rings (SSSR count). The van der Waals surface area contributed by atoms with Crippen LogP contribution in [0.1, 0.15) is 35.8 Å². The molecular formula is C22H28N6O3. The van der Waals surface area contributed by atoms with Gasteiger partial charge in [0.15, 0.2) is 11.3 Å². The second kappa shape index (κ2) is 8.50. The average Bonchev–Trinajstić information content (AvgIpc) is 3.19. The number of ether oxygens (including phenoxy) is 1. The molecule has 0 aromatic carbocycles. The number of fused-ring (bicyclic) bond motifs is 1. The maximum atomic E-state index is 12.1. The van der Waals surface area contributed by atoms with Gasteiger partial charge in [0.25, 0.3) is 0 Å². The summed E-state index contributed by atoms with van der Waals surface area (Å²) in [7, 11) is 3.86. The van der Waals surface area contributed by atoms with Crippen molar-refractivity contribution in [3.8, 4) is 11.1 Å². The van der Waals surface area contributed by atoms with Crippen molar-refractivity contribution >= 4 is 23.3 Å². The Kier molecular flexibility index (Phi) is 5.77. The number of carbonyl (C=O) groups is 1. The Bertz CT molecular complexity index is 1100. The van der Waals surface area contributed by atoms with Gasteiger partial charge in [0.1, 0.15) is 11.6 Å².